The minimum Gasteiger partial charge on any atom is -0.493 e. The molecular formula is C24H17ClN2O6. The molecule has 33 heavy (non-hydrogen) atoms. The normalized spacial score (nSPS) is 14.1. The zero-order valence-corrected chi connectivity index (χ0v) is 18.1. The number of nitro benzene ring substituents is 1. The van der Waals surface area contributed by atoms with Gasteiger partial charge in [-0.05, 0) is 42.0 Å². The SMILES string of the molecule is COc1cc(/C=C2/N=C(c3ccccc3Cl)OC2=O)ccc1OCc1ccccc1[N+](=O)[O-]. The Bertz CT molecular complexity index is 1300. The van der Waals surface area contributed by atoms with Gasteiger partial charge in [0.1, 0.15) is 6.61 Å². The molecular weight excluding hydrogens is 448 g/mol. The largest absolute Gasteiger partial charge is 0.493 e. The number of nitrogens with zero attached hydrogens (tertiary/aromatic N) is 2. The summed E-state index contributed by atoms with van der Waals surface area (Å²) in [6, 6.07) is 18.3. The molecule has 0 amide bonds. The first-order valence-corrected chi connectivity index (χ1v) is 10.1. The Kier molecular flexibility index (Phi) is 6.37. The first-order chi connectivity index (χ1) is 16.0. The molecule has 4 rings (SSSR count). The van der Waals surface area contributed by atoms with E-state index in [2.05, 4.69) is 4.99 Å². The van der Waals surface area contributed by atoms with Crippen molar-refractivity contribution >= 4 is 35.2 Å². The Morgan fingerprint density at radius 3 is 2.61 bits per heavy atom. The third-order valence-electron chi connectivity index (χ3n) is 4.79. The van der Waals surface area contributed by atoms with Gasteiger partial charge in [-0.2, -0.15) is 0 Å². The van der Waals surface area contributed by atoms with Gasteiger partial charge in [0, 0.05) is 6.07 Å². The molecule has 1 aliphatic heterocycles. The van der Waals surface area contributed by atoms with Gasteiger partial charge in [0.2, 0.25) is 5.90 Å². The number of hydrogen-bond acceptors (Lipinski definition) is 7. The molecule has 166 valence electrons. The predicted octanol–water partition coefficient (Wildman–Crippen LogP) is 5.18. The lowest BCUT2D eigenvalue weighted by Gasteiger charge is -2.11. The fourth-order valence-electron chi connectivity index (χ4n) is 3.18. The summed E-state index contributed by atoms with van der Waals surface area (Å²) in [5.41, 5.74) is 1.67. The third kappa shape index (κ3) is 4.86. The monoisotopic (exact) mass is 464 g/mol. The molecule has 0 aliphatic carbocycles. The van der Waals surface area contributed by atoms with Gasteiger partial charge in [0.05, 0.1) is 28.2 Å². The summed E-state index contributed by atoms with van der Waals surface area (Å²) in [6.45, 7) is -0.00817. The van der Waals surface area contributed by atoms with Gasteiger partial charge < -0.3 is 14.2 Å². The van der Waals surface area contributed by atoms with Crippen LogP contribution < -0.4 is 9.47 Å². The maximum atomic E-state index is 12.3. The average Bonchev–Trinajstić information content (AvgIpc) is 3.18. The van der Waals surface area contributed by atoms with Crippen LogP contribution in [0.2, 0.25) is 5.02 Å². The molecule has 0 bridgehead atoms. The summed E-state index contributed by atoms with van der Waals surface area (Å²) in [7, 11) is 1.47. The lowest BCUT2D eigenvalue weighted by molar-refractivity contribution is -0.385. The summed E-state index contributed by atoms with van der Waals surface area (Å²) in [4.78, 5) is 27.3. The molecule has 3 aromatic carbocycles. The molecule has 9 heteroatoms. The van der Waals surface area contributed by atoms with E-state index in [1.807, 2.05) is 0 Å². The van der Waals surface area contributed by atoms with Gasteiger partial charge >= 0.3 is 5.97 Å². The molecule has 0 aromatic heterocycles. The second-order valence-corrected chi connectivity index (χ2v) is 7.31. The number of benzene rings is 3. The minimum atomic E-state index is -0.597. The molecule has 1 heterocycles. The van der Waals surface area contributed by atoms with Gasteiger partial charge in [0.25, 0.3) is 5.69 Å². The summed E-state index contributed by atoms with van der Waals surface area (Å²) in [6.07, 6.45) is 1.56. The Labute approximate surface area is 193 Å². The maximum absolute atomic E-state index is 12.3. The van der Waals surface area contributed by atoms with E-state index < -0.39 is 10.9 Å². The number of halogens is 1. The number of rotatable bonds is 7. The van der Waals surface area contributed by atoms with Crippen LogP contribution in [-0.2, 0) is 16.1 Å². The fourth-order valence-corrected chi connectivity index (χ4v) is 3.39. The number of carbonyl (C=O) groups excluding carboxylic acids is 1. The molecule has 0 N–H and O–H groups in total. The summed E-state index contributed by atoms with van der Waals surface area (Å²) < 4.78 is 16.4. The van der Waals surface area contributed by atoms with E-state index in [4.69, 9.17) is 25.8 Å². The number of nitro groups is 1. The van der Waals surface area contributed by atoms with Gasteiger partial charge in [-0.1, -0.05) is 41.9 Å². The highest BCUT2D eigenvalue weighted by atomic mass is 35.5. The number of cyclic esters (lactones) is 1. The van der Waals surface area contributed by atoms with Gasteiger partial charge in [-0.3, -0.25) is 10.1 Å². The zero-order valence-electron chi connectivity index (χ0n) is 17.4. The van der Waals surface area contributed by atoms with Crippen LogP contribution in [0.25, 0.3) is 6.08 Å². The predicted molar refractivity (Wildman–Crippen MR) is 122 cm³/mol. The van der Waals surface area contributed by atoms with Crippen LogP contribution in [0.4, 0.5) is 5.69 Å². The quantitative estimate of drug-likeness (QED) is 0.207. The van der Waals surface area contributed by atoms with Gasteiger partial charge in [-0.15, -0.1) is 0 Å². The van der Waals surface area contributed by atoms with Crippen LogP contribution in [0, 0.1) is 10.1 Å². The highest BCUT2D eigenvalue weighted by Gasteiger charge is 2.25. The molecule has 0 spiro atoms. The van der Waals surface area contributed by atoms with Crippen LogP contribution in [0.5, 0.6) is 11.5 Å². The number of methoxy groups -OCH3 is 1. The first-order valence-electron chi connectivity index (χ1n) is 9.77. The van der Waals surface area contributed by atoms with Gasteiger partial charge in [-0.25, -0.2) is 9.79 Å². The number of esters is 1. The highest BCUT2D eigenvalue weighted by molar-refractivity contribution is 6.34. The van der Waals surface area contributed by atoms with Gasteiger partial charge in [0.15, 0.2) is 17.2 Å². The van der Waals surface area contributed by atoms with E-state index in [9.17, 15) is 14.9 Å². The van der Waals surface area contributed by atoms with E-state index >= 15 is 0 Å². The summed E-state index contributed by atoms with van der Waals surface area (Å²) >= 11 is 6.16. The van der Waals surface area contributed by atoms with Crippen LogP contribution in [0.15, 0.2) is 77.4 Å². The van der Waals surface area contributed by atoms with E-state index in [1.165, 1.54) is 13.2 Å². The third-order valence-corrected chi connectivity index (χ3v) is 5.12. The first kappa shape index (κ1) is 22.0. The minimum absolute atomic E-state index is 0.00817. The number of aliphatic imine (C=N–C) groups is 1. The molecule has 0 atom stereocenters. The average molecular weight is 465 g/mol. The molecule has 0 saturated heterocycles. The molecule has 0 fully saturated rings. The van der Waals surface area contributed by atoms with E-state index in [0.717, 1.165) is 0 Å². The highest BCUT2D eigenvalue weighted by Crippen LogP contribution is 2.31. The molecule has 0 saturated carbocycles. The van der Waals surface area contributed by atoms with Crippen LogP contribution in [0.3, 0.4) is 0 Å². The molecule has 3 aromatic rings. The van der Waals surface area contributed by atoms with Crippen molar-refractivity contribution < 1.29 is 23.9 Å². The smallest absolute Gasteiger partial charge is 0.363 e. The summed E-state index contributed by atoms with van der Waals surface area (Å²) in [5.74, 6) is 0.325. The number of para-hydroxylation sites is 1. The lowest BCUT2D eigenvalue weighted by atomic mass is 10.1. The molecule has 0 unspecified atom stereocenters. The van der Waals surface area contributed by atoms with Crippen molar-refractivity contribution in [2.75, 3.05) is 7.11 Å². The second kappa shape index (κ2) is 9.54. The number of carbonyl (C=O) groups is 1. The Hall–Kier alpha value is -4.17. The van der Waals surface area contributed by atoms with E-state index in [0.29, 0.717) is 33.2 Å². The van der Waals surface area contributed by atoms with Crippen molar-refractivity contribution in [3.8, 4) is 11.5 Å². The van der Waals surface area contributed by atoms with Crippen LogP contribution in [0.1, 0.15) is 16.7 Å². The van der Waals surface area contributed by atoms with Crippen molar-refractivity contribution in [2.24, 2.45) is 4.99 Å². The zero-order chi connectivity index (χ0) is 23.4. The Morgan fingerprint density at radius 1 is 1.09 bits per heavy atom. The topological polar surface area (TPSA) is 100 Å². The Morgan fingerprint density at radius 2 is 1.85 bits per heavy atom. The lowest BCUT2D eigenvalue weighted by Crippen LogP contribution is -2.05. The van der Waals surface area contributed by atoms with Crippen molar-refractivity contribution in [1.29, 1.82) is 0 Å². The van der Waals surface area contributed by atoms with Crippen molar-refractivity contribution in [3.05, 3.63) is 104 Å². The van der Waals surface area contributed by atoms with Crippen molar-refractivity contribution in [3.63, 3.8) is 0 Å². The molecule has 1 aliphatic rings. The van der Waals surface area contributed by atoms with E-state index in [-0.39, 0.29) is 23.9 Å². The Balaban J connectivity index is 1.56. The van der Waals surface area contributed by atoms with E-state index in [1.54, 1.807) is 66.7 Å². The second-order valence-electron chi connectivity index (χ2n) is 6.90. The standard InChI is InChI=1S/C24H17ClN2O6/c1-31-22-13-15(10-11-21(22)32-14-16-6-2-5-9-20(16)27(29)30)12-19-24(28)33-23(26-19)17-7-3-4-8-18(17)25/h2-13H,14H2,1H3/b19-12+. The number of hydrogen-bond donors (Lipinski definition) is 0. The maximum Gasteiger partial charge on any atom is 0.363 e. The van der Waals surface area contributed by atoms with Crippen LogP contribution >= 0.6 is 11.6 Å². The van der Waals surface area contributed by atoms with Crippen molar-refractivity contribution in [1.82, 2.24) is 0 Å². The van der Waals surface area contributed by atoms with Crippen LogP contribution in [-0.4, -0.2) is 23.9 Å². The fraction of sp³-hybridized carbons (Fsp3) is 0.0833. The molecule has 8 nitrogen and oxygen atoms in total. The van der Waals surface area contributed by atoms with Crippen molar-refractivity contribution in [2.45, 2.75) is 6.61 Å². The number of ether oxygens (including phenoxy) is 3. The molecule has 0 radical (unpaired) electrons. The summed E-state index contributed by atoms with van der Waals surface area (Å²) in [5, 5.41) is 11.6.